The zero-order valence-corrected chi connectivity index (χ0v) is 12.6. The molecule has 2 fully saturated rings. The minimum absolute atomic E-state index is 0.00122. The summed E-state index contributed by atoms with van der Waals surface area (Å²) < 4.78 is 5.52. The van der Waals surface area contributed by atoms with Gasteiger partial charge in [0.05, 0.1) is 17.7 Å². The predicted molar refractivity (Wildman–Crippen MR) is 83.9 cm³/mol. The third-order valence-corrected chi connectivity index (χ3v) is 4.43. The van der Waals surface area contributed by atoms with Crippen LogP contribution in [0.1, 0.15) is 16.9 Å². The summed E-state index contributed by atoms with van der Waals surface area (Å²) in [6, 6.07) is 11.3. The third kappa shape index (κ3) is 2.66. The number of hydrogen-bond donors (Lipinski definition) is 1. The lowest BCUT2D eigenvalue weighted by Gasteiger charge is -2.40. The van der Waals surface area contributed by atoms with Gasteiger partial charge in [-0.25, -0.2) is 4.98 Å². The normalized spacial score (nSPS) is 24.2. The van der Waals surface area contributed by atoms with E-state index in [9.17, 15) is 9.59 Å². The lowest BCUT2D eigenvalue weighted by molar-refractivity contribution is -0.139. The van der Waals surface area contributed by atoms with E-state index in [4.69, 9.17) is 4.74 Å². The molecule has 1 aromatic heterocycles. The Bertz CT molecular complexity index is 777. The Morgan fingerprint density at radius 2 is 2.13 bits per heavy atom. The van der Waals surface area contributed by atoms with Crippen LogP contribution in [-0.2, 0) is 9.53 Å². The minimum Gasteiger partial charge on any atom is -0.366 e. The average molecular weight is 311 g/mol. The van der Waals surface area contributed by atoms with Crippen LogP contribution in [0.4, 0.5) is 0 Å². The number of carbonyl (C=O) groups is 2. The number of hydrogen-bond acceptors (Lipinski definition) is 4. The Morgan fingerprint density at radius 3 is 3.04 bits per heavy atom. The molecule has 1 N–H and O–H groups in total. The summed E-state index contributed by atoms with van der Waals surface area (Å²) in [7, 11) is 0. The molecule has 2 saturated heterocycles. The van der Waals surface area contributed by atoms with Gasteiger partial charge >= 0.3 is 0 Å². The third-order valence-electron chi connectivity index (χ3n) is 4.43. The molecule has 0 saturated carbocycles. The summed E-state index contributed by atoms with van der Waals surface area (Å²) >= 11 is 0. The van der Waals surface area contributed by atoms with Gasteiger partial charge in [-0.2, -0.15) is 0 Å². The van der Waals surface area contributed by atoms with E-state index in [1.54, 1.807) is 11.0 Å². The van der Waals surface area contributed by atoms with Crippen LogP contribution in [0.3, 0.4) is 0 Å². The molecule has 0 unspecified atom stereocenters. The fourth-order valence-corrected chi connectivity index (χ4v) is 3.23. The predicted octanol–water partition coefficient (Wildman–Crippen LogP) is 0.964. The van der Waals surface area contributed by atoms with Crippen molar-refractivity contribution in [2.45, 2.75) is 18.6 Å². The Morgan fingerprint density at radius 1 is 1.26 bits per heavy atom. The Balaban J connectivity index is 1.54. The molecule has 2 aromatic rings. The van der Waals surface area contributed by atoms with E-state index in [0.717, 1.165) is 17.3 Å². The van der Waals surface area contributed by atoms with Crippen molar-refractivity contribution < 1.29 is 14.3 Å². The Kier molecular flexibility index (Phi) is 3.46. The van der Waals surface area contributed by atoms with Crippen molar-refractivity contribution in [2.24, 2.45) is 0 Å². The molecular formula is C17H17N3O3. The number of fused-ring (bicyclic) bond motifs is 2. The van der Waals surface area contributed by atoms with Gasteiger partial charge in [0.25, 0.3) is 5.91 Å². The van der Waals surface area contributed by atoms with Crippen LogP contribution in [0.2, 0.25) is 0 Å². The molecule has 2 atom stereocenters. The van der Waals surface area contributed by atoms with Crippen LogP contribution in [-0.4, -0.2) is 53.5 Å². The molecule has 4 rings (SSSR count). The van der Waals surface area contributed by atoms with Crippen molar-refractivity contribution in [1.29, 1.82) is 0 Å². The van der Waals surface area contributed by atoms with Crippen molar-refractivity contribution in [3.63, 3.8) is 0 Å². The maximum absolute atomic E-state index is 12.7. The van der Waals surface area contributed by atoms with Gasteiger partial charge in [0, 0.05) is 18.5 Å². The molecule has 6 nitrogen and oxygen atoms in total. The summed E-state index contributed by atoms with van der Waals surface area (Å²) in [4.78, 5) is 30.4. The van der Waals surface area contributed by atoms with Crippen LogP contribution in [0.15, 0.2) is 36.4 Å². The summed E-state index contributed by atoms with van der Waals surface area (Å²) in [6.07, 6.45) is 0.728. The van der Waals surface area contributed by atoms with Gasteiger partial charge in [0.2, 0.25) is 5.91 Å². The second kappa shape index (κ2) is 5.62. The van der Waals surface area contributed by atoms with Crippen molar-refractivity contribution in [3.8, 4) is 0 Å². The van der Waals surface area contributed by atoms with Gasteiger partial charge in [-0.1, -0.05) is 24.3 Å². The summed E-state index contributed by atoms with van der Waals surface area (Å²) in [6.45, 7) is 1.19. The molecule has 0 aliphatic carbocycles. The molecule has 23 heavy (non-hydrogen) atoms. The fourth-order valence-electron chi connectivity index (χ4n) is 3.23. The smallest absolute Gasteiger partial charge is 0.272 e. The van der Waals surface area contributed by atoms with Gasteiger partial charge in [0.15, 0.2) is 0 Å². The lowest BCUT2D eigenvalue weighted by atomic mass is 10.00. The number of aromatic nitrogens is 1. The van der Waals surface area contributed by atoms with Gasteiger partial charge < -0.3 is 15.0 Å². The second-order valence-electron chi connectivity index (χ2n) is 5.95. The molecule has 1 aromatic carbocycles. The van der Waals surface area contributed by atoms with Crippen molar-refractivity contribution in [3.05, 3.63) is 42.1 Å². The lowest BCUT2D eigenvalue weighted by Crippen LogP contribution is -2.61. The molecule has 6 heteroatoms. The van der Waals surface area contributed by atoms with E-state index >= 15 is 0 Å². The van der Waals surface area contributed by atoms with Crippen LogP contribution in [0, 0.1) is 0 Å². The number of likely N-dealkylation sites (tertiary alicyclic amines) is 1. The van der Waals surface area contributed by atoms with Crippen molar-refractivity contribution in [2.75, 3.05) is 19.7 Å². The molecule has 0 spiro atoms. The topological polar surface area (TPSA) is 71.5 Å². The van der Waals surface area contributed by atoms with Crippen LogP contribution < -0.4 is 5.32 Å². The first kappa shape index (κ1) is 14.1. The highest BCUT2D eigenvalue weighted by Crippen LogP contribution is 2.20. The zero-order chi connectivity index (χ0) is 15.8. The van der Waals surface area contributed by atoms with Gasteiger partial charge in [-0.3, -0.25) is 9.59 Å². The number of carbonyl (C=O) groups excluding carboxylic acids is 2. The quantitative estimate of drug-likeness (QED) is 0.852. The molecule has 0 bridgehead atoms. The first-order valence-corrected chi connectivity index (χ1v) is 7.77. The second-order valence-corrected chi connectivity index (χ2v) is 5.95. The number of nitrogens with one attached hydrogen (secondary N) is 1. The van der Waals surface area contributed by atoms with E-state index in [-0.39, 0.29) is 30.6 Å². The van der Waals surface area contributed by atoms with Crippen LogP contribution in [0.5, 0.6) is 0 Å². The molecule has 0 radical (unpaired) electrons. The number of pyridine rings is 1. The maximum atomic E-state index is 12.7. The van der Waals surface area contributed by atoms with E-state index in [2.05, 4.69) is 10.3 Å². The fraction of sp³-hybridized carbons (Fsp3) is 0.353. The maximum Gasteiger partial charge on any atom is 0.272 e. The number of para-hydroxylation sites is 1. The zero-order valence-electron chi connectivity index (χ0n) is 12.6. The number of rotatable bonds is 1. The van der Waals surface area contributed by atoms with Gasteiger partial charge in [-0.15, -0.1) is 0 Å². The van der Waals surface area contributed by atoms with Crippen molar-refractivity contribution in [1.82, 2.24) is 15.2 Å². The Hall–Kier alpha value is -2.47. The SMILES string of the molecule is O=C1CO[C@@H]2CCN(C(=O)c3ccc4ccccc4n3)C[C@@H]2N1. The molecule has 2 aliphatic rings. The van der Waals surface area contributed by atoms with E-state index in [1.165, 1.54) is 0 Å². The first-order chi connectivity index (χ1) is 11.2. The summed E-state index contributed by atoms with van der Waals surface area (Å²) in [5, 5.41) is 3.92. The standard InChI is InChI=1S/C17H17N3O3/c21-16-10-23-15-7-8-20(9-14(15)19-16)17(22)13-6-5-11-3-1-2-4-12(11)18-13/h1-6,14-15H,7-10H2,(H,19,21)/t14-,15+/m0/s1. The van der Waals surface area contributed by atoms with Gasteiger partial charge in [0.1, 0.15) is 12.3 Å². The monoisotopic (exact) mass is 311 g/mol. The number of nitrogens with zero attached hydrogens (tertiary/aromatic N) is 2. The largest absolute Gasteiger partial charge is 0.366 e. The van der Waals surface area contributed by atoms with E-state index in [0.29, 0.717) is 18.8 Å². The molecule has 118 valence electrons. The molecule has 3 heterocycles. The average Bonchev–Trinajstić information content (AvgIpc) is 2.60. The first-order valence-electron chi connectivity index (χ1n) is 7.77. The van der Waals surface area contributed by atoms with Gasteiger partial charge in [-0.05, 0) is 18.6 Å². The molecule has 2 amide bonds. The number of morpholine rings is 1. The van der Waals surface area contributed by atoms with Crippen LogP contribution in [0.25, 0.3) is 10.9 Å². The molecular weight excluding hydrogens is 294 g/mol. The highest BCUT2D eigenvalue weighted by Gasteiger charge is 2.36. The molecule has 2 aliphatic heterocycles. The van der Waals surface area contributed by atoms with E-state index in [1.807, 2.05) is 30.3 Å². The number of benzene rings is 1. The summed E-state index contributed by atoms with van der Waals surface area (Å²) in [5.74, 6) is -0.224. The highest BCUT2D eigenvalue weighted by atomic mass is 16.5. The number of amides is 2. The van der Waals surface area contributed by atoms with E-state index < -0.39 is 0 Å². The van der Waals surface area contributed by atoms with Crippen molar-refractivity contribution >= 4 is 22.7 Å². The number of piperidine rings is 1. The highest BCUT2D eigenvalue weighted by molar-refractivity contribution is 5.95. The number of ether oxygens (including phenoxy) is 1. The Labute approximate surface area is 133 Å². The summed E-state index contributed by atoms with van der Waals surface area (Å²) in [5.41, 5.74) is 1.24. The van der Waals surface area contributed by atoms with Crippen LogP contribution >= 0.6 is 0 Å². The minimum atomic E-state index is -0.130.